The average Bonchev–Trinajstić information content (AvgIpc) is 2.91. The van der Waals surface area contributed by atoms with Crippen LogP contribution in [0.3, 0.4) is 0 Å². The zero-order valence-corrected chi connectivity index (χ0v) is 14.1. The lowest BCUT2D eigenvalue weighted by atomic mass is 9.92. The van der Waals surface area contributed by atoms with Gasteiger partial charge >= 0.3 is 6.09 Å². The molecule has 3 rings (SSSR count). The monoisotopic (exact) mass is 342 g/mol. The largest absolute Gasteiger partial charge is 0.493 e. The number of likely N-dealkylation sites (tertiary alicyclic amines) is 1. The maximum absolute atomic E-state index is 11.2. The van der Waals surface area contributed by atoms with Crippen LogP contribution in [0.1, 0.15) is 12.8 Å². The van der Waals surface area contributed by atoms with Gasteiger partial charge < -0.3 is 19.5 Å². The van der Waals surface area contributed by atoms with Crippen molar-refractivity contribution in [3.8, 4) is 11.5 Å². The summed E-state index contributed by atoms with van der Waals surface area (Å²) in [6, 6.07) is 7.66. The number of halogens is 1. The summed E-state index contributed by atoms with van der Waals surface area (Å²) < 4.78 is 16.5. The van der Waals surface area contributed by atoms with Crippen molar-refractivity contribution in [2.75, 3.05) is 39.9 Å². The number of alkyl carbamates (subject to hydrolysis) is 1. The van der Waals surface area contributed by atoms with Crippen LogP contribution in [0.5, 0.6) is 11.5 Å². The molecule has 0 aromatic heterocycles. The van der Waals surface area contributed by atoms with Gasteiger partial charge in [-0.2, -0.15) is 0 Å². The van der Waals surface area contributed by atoms with Gasteiger partial charge in [0.1, 0.15) is 12.2 Å². The highest BCUT2D eigenvalue weighted by Crippen LogP contribution is 2.29. The van der Waals surface area contributed by atoms with Crippen LogP contribution in [0.2, 0.25) is 0 Å². The molecule has 1 amide bonds. The predicted octanol–water partition coefficient (Wildman–Crippen LogP) is 2.07. The van der Waals surface area contributed by atoms with Gasteiger partial charge in [0, 0.05) is 32.5 Å². The van der Waals surface area contributed by atoms with Crippen molar-refractivity contribution in [3.05, 3.63) is 24.3 Å². The first kappa shape index (κ1) is 17.7. The molecule has 2 fully saturated rings. The number of ether oxygens (including phenoxy) is 3. The maximum Gasteiger partial charge on any atom is 0.407 e. The number of rotatable bonds is 5. The zero-order chi connectivity index (χ0) is 15.4. The lowest BCUT2D eigenvalue weighted by Crippen LogP contribution is -2.47. The quantitative estimate of drug-likeness (QED) is 0.887. The van der Waals surface area contributed by atoms with E-state index in [1.54, 1.807) is 7.11 Å². The summed E-state index contributed by atoms with van der Waals surface area (Å²) in [5.41, 5.74) is -0.281. The molecule has 2 aliphatic heterocycles. The second-order valence-electron chi connectivity index (χ2n) is 5.77. The summed E-state index contributed by atoms with van der Waals surface area (Å²) in [7, 11) is 1.64. The van der Waals surface area contributed by atoms with E-state index >= 15 is 0 Å². The number of hydrogen-bond acceptors (Lipinski definition) is 5. The summed E-state index contributed by atoms with van der Waals surface area (Å²) in [6.45, 7) is 3.95. The third-order valence-corrected chi connectivity index (χ3v) is 4.37. The van der Waals surface area contributed by atoms with Crippen LogP contribution >= 0.6 is 12.4 Å². The molecule has 1 spiro atoms. The van der Waals surface area contributed by atoms with E-state index in [9.17, 15) is 4.79 Å². The normalized spacial score (nSPS) is 19.6. The zero-order valence-electron chi connectivity index (χ0n) is 13.2. The van der Waals surface area contributed by atoms with Gasteiger partial charge in [0.05, 0.1) is 13.7 Å². The Hall–Kier alpha value is -1.66. The summed E-state index contributed by atoms with van der Waals surface area (Å²) >= 11 is 0. The number of amides is 1. The second kappa shape index (κ2) is 7.75. The fraction of sp³-hybridized carbons (Fsp3) is 0.562. The number of carbonyl (C=O) groups is 1. The summed E-state index contributed by atoms with van der Waals surface area (Å²) in [4.78, 5) is 13.5. The van der Waals surface area contributed by atoms with Crippen molar-refractivity contribution >= 4 is 18.5 Å². The van der Waals surface area contributed by atoms with Crippen molar-refractivity contribution in [1.29, 1.82) is 0 Å². The van der Waals surface area contributed by atoms with Crippen molar-refractivity contribution in [1.82, 2.24) is 10.2 Å². The molecule has 0 atom stereocenters. The number of hydrogen-bond donors (Lipinski definition) is 1. The van der Waals surface area contributed by atoms with Crippen LogP contribution in [0, 0.1) is 0 Å². The lowest BCUT2D eigenvalue weighted by molar-refractivity contribution is -0.00151. The fourth-order valence-corrected chi connectivity index (χ4v) is 2.99. The van der Waals surface area contributed by atoms with Crippen LogP contribution in [0.25, 0.3) is 0 Å². The molecule has 0 aliphatic carbocycles. The first-order chi connectivity index (χ1) is 10.7. The molecule has 2 aliphatic rings. The molecule has 128 valence electrons. The first-order valence-corrected chi connectivity index (χ1v) is 7.66. The number of piperidine rings is 1. The maximum atomic E-state index is 11.2. The van der Waals surface area contributed by atoms with Gasteiger partial charge in [0.25, 0.3) is 0 Å². The molecule has 1 aromatic carbocycles. The molecule has 23 heavy (non-hydrogen) atoms. The summed E-state index contributed by atoms with van der Waals surface area (Å²) in [6.07, 6.45) is 1.47. The van der Waals surface area contributed by atoms with Crippen molar-refractivity contribution in [2.24, 2.45) is 0 Å². The molecule has 7 heteroatoms. The molecular formula is C16H23ClN2O4. The van der Waals surface area contributed by atoms with E-state index in [-0.39, 0.29) is 24.1 Å². The van der Waals surface area contributed by atoms with Gasteiger partial charge in [0.2, 0.25) is 0 Å². The Morgan fingerprint density at radius 2 is 1.96 bits per heavy atom. The van der Waals surface area contributed by atoms with E-state index in [1.807, 2.05) is 24.3 Å². The Balaban J connectivity index is 0.00000192. The molecule has 0 unspecified atom stereocenters. The highest BCUT2D eigenvalue weighted by molar-refractivity contribution is 5.85. The predicted molar refractivity (Wildman–Crippen MR) is 88.6 cm³/mol. The van der Waals surface area contributed by atoms with Crippen molar-refractivity contribution in [2.45, 2.75) is 18.4 Å². The van der Waals surface area contributed by atoms with Gasteiger partial charge in [-0.25, -0.2) is 4.79 Å². The SMILES string of the molecule is COc1ccccc1OCCN1CCC2(CC1)CNC(=O)O2.Cl. The van der Waals surface area contributed by atoms with Gasteiger partial charge in [-0.15, -0.1) is 12.4 Å². The Morgan fingerprint density at radius 3 is 2.57 bits per heavy atom. The van der Waals surface area contributed by atoms with Crippen LogP contribution in [0.15, 0.2) is 24.3 Å². The molecule has 1 aromatic rings. The number of nitrogens with one attached hydrogen (secondary N) is 1. The van der Waals surface area contributed by atoms with Gasteiger partial charge in [-0.05, 0) is 12.1 Å². The van der Waals surface area contributed by atoms with E-state index in [0.717, 1.165) is 44.0 Å². The van der Waals surface area contributed by atoms with E-state index in [1.165, 1.54) is 0 Å². The molecule has 2 saturated heterocycles. The van der Waals surface area contributed by atoms with Crippen molar-refractivity contribution in [3.63, 3.8) is 0 Å². The number of para-hydroxylation sites is 2. The third-order valence-electron chi connectivity index (χ3n) is 4.37. The van der Waals surface area contributed by atoms with Crippen molar-refractivity contribution < 1.29 is 19.0 Å². The Labute approximate surface area is 142 Å². The Bertz CT molecular complexity index is 533. The smallest absolute Gasteiger partial charge is 0.407 e. The molecule has 0 bridgehead atoms. The minimum absolute atomic E-state index is 0. The summed E-state index contributed by atoms with van der Waals surface area (Å²) in [5.74, 6) is 1.52. The van der Waals surface area contributed by atoms with Gasteiger partial charge in [0.15, 0.2) is 11.5 Å². The summed E-state index contributed by atoms with van der Waals surface area (Å²) in [5, 5.41) is 2.75. The Morgan fingerprint density at radius 1 is 1.26 bits per heavy atom. The standard InChI is InChI=1S/C16H22N2O4.ClH/c1-20-13-4-2-3-5-14(13)21-11-10-18-8-6-16(7-9-18)12-17-15(19)22-16;/h2-5H,6-12H2,1H3,(H,17,19);1H. The van der Waals surface area contributed by atoms with Crippen LogP contribution in [-0.2, 0) is 4.74 Å². The average molecular weight is 343 g/mol. The topological polar surface area (TPSA) is 60.0 Å². The first-order valence-electron chi connectivity index (χ1n) is 7.66. The number of methoxy groups -OCH3 is 1. The molecular weight excluding hydrogens is 320 g/mol. The lowest BCUT2D eigenvalue weighted by Gasteiger charge is -2.37. The fourth-order valence-electron chi connectivity index (χ4n) is 2.99. The highest BCUT2D eigenvalue weighted by Gasteiger charge is 2.42. The molecule has 0 radical (unpaired) electrons. The molecule has 1 N–H and O–H groups in total. The van der Waals surface area contributed by atoms with Crippen LogP contribution in [0.4, 0.5) is 4.79 Å². The molecule has 2 heterocycles. The minimum atomic E-state index is -0.284. The number of carbonyl (C=O) groups excluding carboxylic acids is 1. The van der Waals surface area contributed by atoms with E-state index in [2.05, 4.69) is 10.2 Å². The molecule has 6 nitrogen and oxygen atoms in total. The van der Waals surface area contributed by atoms with Gasteiger partial charge in [-0.1, -0.05) is 12.1 Å². The van der Waals surface area contributed by atoms with Gasteiger partial charge in [-0.3, -0.25) is 4.90 Å². The second-order valence-corrected chi connectivity index (χ2v) is 5.77. The number of benzene rings is 1. The highest BCUT2D eigenvalue weighted by atomic mass is 35.5. The Kier molecular flexibility index (Phi) is 5.96. The third kappa shape index (κ3) is 4.20. The van der Waals surface area contributed by atoms with E-state index in [0.29, 0.717) is 13.2 Å². The minimum Gasteiger partial charge on any atom is -0.493 e. The number of nitrogens with zero attached hydrogens (tertiary/aromatic N) is 1. The van der Waals surface area contributed by atoms with Crippen LogP contribution in [-0.4, -0.2) is 56.5 Å². The van der Waals surface area contributed by atoms with E-state index < -0.39 is 0 Å². The van der Waals surface area contributed by atoms with Crippen LogP contribution < -0.4 is 14.8 Å². The molecule has 0 saturated carbocycles. The van der Waals surface area contributed by atoms with E-state index in [4.69, 9.17) is 14.2 Å².